The molecular weight excluding hydrogens is 212 g/mol. The highest BCUT2D eigenvalue weighted by atomic mass is 16.5. The molecule has 2 aromatic rings. The van der Waals surface area contributed by atoms with Crippen molar-refractivity contribution in [2.45, 2.75) is 18.9 Å². The van der Waals surface area contributed by atoms with Crippen LogP contribution in [0.15, 0.2) is 36.5 Å². The topological polar surface area (TPSA) is 34.2 Å². The first-order chi connectivity index (χ1) is 8.42. The minimum absolute atomic E-state index is 0.362. The second-order valence-electron chi connectivity index (χ2n) is 4.43. The number of hydrogen-bond donors (Lipinski definition) is 1. The van der Waals surface area contributed by atoms with E-state index in [9.17, 15) is 0 Å². The fraction of sp³-hybridized carbons (Fsp3) is 0.357. The molecule has 0 radical (unpaired) electrons. The molecule has 1 N–H and O–H groups in total. The van der Waals surface area contributed by atoms with Gasteiger partial charge in [-0.25, -0.2) is 0 Å². The van der Waals surface area contributed by atoms with E-state index in [0.29, 0.717) is 6.10 Å². The lowest BCUT2D eigenvalue weighted by Gasteiger charge is -2.11. The van der Waals surface area contributed by atoms with Gasteiger partial charge in [0.05, 0.1) is 23.5 Å². The first kappa shape index (κ1) is 10.5. The summed E-state index contributed by atoms with van der Waals surface area (Å²) in [6.07, 6.45) is 4.59. The maximum Gasteiger partial charge on any atom is 0.0748 e. The van der Waals surface area contributed by atoms with Gasteiger partial charge in [-0.05, 0) is 25.0 Å². The third-order valence-electron chi connectivity index (χ3n) is 3.15. The molecular formula is C14H16N2O. The number of anilines is 1. The average molecular weight is 228 g/mol. The fourth-order valence-corrected chi connectivity index (χ4v) is 2.20. The van der Waals surface area contributed by atoms with Crippen LogP contribution in [0.25, 0.3) is 10.9 Å². The number of rotatable bonds is 3. The molecule has 88 valence electrons. The van der Waals surface area contributed by atoms with E-state index in [1.165, 1.54) is 11.8 Å². The predicted octanol–water partition coefficient (Wildman–Crippen LogP) is 2.83. The Kier molecular flexibility index (Phi) is 2.92. The summed E-state index contributed by atoms with van der Waals surface area (Å²) in [4.78, 5) is 4.42. The van der Waals surface area contributed by atoms with Gasteiger partial charge >= 0.3 is 0 Å². The van der Waals surface area contributed by atoms with Crippen LogP contribution in [0.1, 0.15) is 12.8 Å². The highest BCUT2D eigenvalue weighted by molar-refractivity contribution is 5.81. The molecule has 0 spiro atoms. The van der Waals surface area contributed by atoms with Crippen LogP contribution in [0.4, 0.5) is 5.69 Å². The molecule has 3 rings (SSSR count). The number of aromatic nitrogens is 1. The minimum Gasteiger partial charge on any atom is -0.381 e. The summed E-state index contributed by atoms with van der Waals surface area (Å²) in [5, 5.41) is 4.56. The predicted molar refractivity (Wildman–Crippen MR) is 69.2 cm³/mol. The van der Waals surface area contributed by atoms with E-state index in [4.69, 9.17) is 4.74 Å². The quantitative estimate of drug-likeness (QED) is 0.877. The Morgan fingerprint density at radius 3 is 3.18 bits per heavy atom. The summed E-state index contributed by atoms with van der Waals surface area (Å²) in [6.45, 7) is 1.78. The molecule has 17 heavy (non-hydrogen) atoms. The summed E-state index contributed by atoms with van der Waals surface area (Å²) < 4.78 is 5.58. The molecule has 1 aromatic heterocycles. The van der Waals surface area contributed by atoms with Gasteiger partial charge in [-0.2, -0.15) is 0 Å². The number of ether oxygens (including phenoxy) is 1. The molecule has 0 amide bonds. The molecule has 1 unspecified atom stereocenters. The maximum atomic E-state index is 5.58. The number of benzene rings is 1. The molecule has 0 saturated carbocycles. The van der Waals surface area contributed by atoms with Gasteiger partial charge in [0.2, 0.25) is 0 Å². The van der Waals surface area contributed by atoms with E-state index in [-0.39, 0.29) is 0 Å². The Hall–Kier alpha value is -1.61. The number of pyridine rings is 1. The summed E-state index contributed by atoms with van der Waals surface area (Å²) in [5.74, 6) is 0. The van der Waals surface area contributed by atoms with Crippen LogP contribution in [-0.2, 0) is 4.74 Å². The van der Waals surface area contributed by atoms with Crippen molar-refractivity contribution in [3.63, 3.8) is 0 Å². The van der Waals surface area contributed by atoms with Crippen molar-refractivity contribution in [3.05, 3.63) is 36.5 Å². The summed E-state index contributed by atoms with van der Waals surface area (Å²) in [7, 11) is 0. The van der Waals surface area contributed by atoms with Crippen molar-refractivity contribution in [2.75, 3.05) is 18.5 Å². The molecule has 1 fully saturated rings. The van der Waals surface area contributed by atoms with Crippen molar-refractivity contribution in [1.82, 2.24) is 4.98 Å². The monoisotopic (exact) mass is 228 g/mol. The Morgan fingerprint density at radius 1 is 1.35 bits per heavy atom. The fourth-order valence-electron chi connectivity index (χ4n) is 2.20. The van der Waals surface area contributed by atoms with Gasteiger partial charge < -0.3 is 10.1 Å². The van der Waals surface area contributed by atoms with Gasteiger partial charge in [-0.3, -0.25) is 4.98 Å². The van der Waals surface area contributed by atoms with Gasteiger partial charge in [0.25, 0.3) is 0 Å². The summed E-state index contributed by atoms with van der Waals surface area (Å²) in [5.41, 5.74) is 2.11. The standard InChI is InChI=1S/C14H16N2O/c1-2-6-14-11(4-1)8-12(9-16-14)15-10-13-5-3-7-17-13/h1-2,4,6,8-9,13,15H,3,5,7,10H2. The lowest BCUT2D eigenvalue weighted by atomic mass is 10.2. The molecule has 0 aliphatic carbocycles. The van der Waals surface area contributed by atoms with Crippen LogP contribution >= 0.6 is 0 Å². The zero-order valence-electron chi connectivity index (χ0n) is 9.73. The van der Waals surface area contributed by atoms with Crippen LogP contribution in [0.2, 0.25) is 0 Å². The first-order valence-corrected chi connectivity index (χ1v) is 6.12. The molecule has 1 aliphatic heterocycles. The molecule has 3 nitrogen and oxygen atoms in total. The van der Waals surface area contributed by atoms with Crippen molar-refractivity contribution in [1.29, 1.82) is 0 Å². The van der Waals surface area contributed by atoms with Gasteiger partial charge in [-0.15, -0.1) is 0 Å². The summed E-state index contributed by atoms with van der Waals surface area (Å²) in [6, 6.07) is 10.3. The first-order valence-electron chi connectivity index (χ1n) is 6.12. The molecule has 1 atom stereocenters. The van der Waals surface area contributed by atoms with E-state index in [2.05, 4.69) is 22.4 Å². The Balaban J connectivity index is 1.72. The van der Waals surface area contributed by atoms with Crippen molar-refractivity contribution in [2.24, 2.45) is 0 Å². The molecule has 1 saturated heterocycles. The van der Waals surface area contributed by atoms with E-state index >= 15 is 0 Å². The van der Waals surface area contributed by atoms with Gasteiger partial charge in [0, 0.05) is 18.5 Å². The highest BCUT2D eigenvalue weighted by Gasteiger charge is 2.14. The number of para-hydroxylation sites is 1. The Labute approximate surface area is 101 Å². The Morgan fingerprint density at radius 2 is 2.29 bits per heavy atom. The van der Waals surface area contributed by atoms with E-state index in [1.807, 2.05) is 24.4 Å². The SMILES string of the molecule is c1ccc2ncc(NCC3CCCO3)cc2c1. The largest absolute Gasteiger partial charge is 0.381 e. The van der Waals surface area contributed by atoms with E-state index in [1.54, 1.807) is 0 Å². The molecule has 3 heteroatoms. The van der Waals surface area contributed by atoms with Crippen LogP contribution in [0.5, 0.6) is 0 Å². The van der Waals surface area contributed by atoms with Crippen molar-refractivity contribution in [3.8, 4) is 0 Å². The average Bonchev–Trinajstić information content (AvgIpc) is 2.89. The molecule has 2 heterocycles. The smallest absolute Gasteiger partial charge is 0.0748 e. The van der Waals surface area contributed by atoms with Crippen molar-refractivity contribution < 1.29 is 4.74 Å². The summed E-state index contributed by atoms with van der Waals surface area (Å²) >= 11 is 0. The van der Waals surface area contributed by atoms with E-state index < -0.39 is 0 Å². The lowest BCUT2D eigenvalue weighted by Crippen LogP contribution is -2.18. The third-order valence-corrected chi connectivity index (χ3v) is 3.15. The zero-order valence-corrected chi connectivity index (χ0v) is 9.73. The molecule has 1 aromatic carbocycles. The van der Waals surface area contributed by atoms with Crippen molar-refractivity contribution >= 4 is 16.6 Å². The second kappa shape index (κ2) is 4.72. The van der Waals surface area contributed by atoms with Crippen LogP contribution < -0.4 is 5.32 Å². The number of fused-ring (bicyclic) bond motifs is 1. The molecule has 0 bridgehead atoms. The normalized spacial score (nSPS) is 19.6. The highest BCUT2D eigenvalue weighted by Crippen LogP contribution is 2.17. The number of hydrogen-bond acceptors (Lipinski definition) is 3. The minimum atomic E-state index is 0.362. The zero-order chi connectivity index (χ0) is 11.5. The second-order valence-corrected chi connectivity index (χ2v) is 4.43. The van der Waals surface area contributed by atoms with E-state index in [0.717, 1.165) is 30.8 Å². The molecule has 1 aliphatic rings. The van der Waals surface area contributed by atoms with Gasteiger partial charge in [0.15, 0.2) is 0 Å². The number of nitrogens with zero attached hydrogens (tertiary/aromatic N) is 1. The van der Waals surface area contributed by atoms with Crippen LogP contribution in [0.3, 0.4) is 0 Å². The van der Waals surface area contributed by atoms with Crippen LogP contribution in [-0.4, -0.2) is 24.2 Å². The number of nitrogens with one attached hydrogen (secondary N) is 1. The third kappa shape index (κ3) is 2.39. The maximum absolute atomic E-state index is 5.58. The lowest BCUT2D eigenvalue weighted by molar-refractivity contribution is 0.120. The van der Waals surface area contributed by atoms with Gasteiger partial charge in [-0.1, -0.05) is 18.2 Å². The Bertz CT molecular complexity index is 506. The van der Waals surface area contributed by atoms with Crippen LogP contribution in [0, 0.1) is 0 Å². The van der Waals surface area contributed by atoms with Gasteiger partial charge in [0.1, 0.15) is 0 Å².